The highest BCUT2D eigenvalue weighted by atomic mass is 16.6. The fraction of sp³-hybridized carbons (Fsp3) is 0.591. The highest BCUT2D eigenvalue weighted by Crippen LogP contribution is 2.66. The number of esters is 2. The van der Waals surface area contributed by atoms with Crippen LogP contribution in [0.25, 0.3) is 0 Å². The second-order valence-electron chi connectivity index (χ2n) is 17.8. The Morgan fingerprint density at radius 2 is 1.60 bits per heavy atom. The van der Waals surface area contributed by atoms with Gasteiger partial charge in [-0.3, -0.25) is 19.2 Å². The van der Waals surface area contributed by atoms with Crippen molar-refractivity contribution in [2.75, 3.05) is 13.2 Å². The van der Waals surface area contributed by atoms with Gasteiger partial charge in [0.2, 0.25) is 11.6 Å². The summed E-state index contributed by atoms with van der Waals surface area (Å²) in [5, 5.41) is 39.5. The fourth-order valence-electron chi connectivity index (χ4n) is 10.5. The van der Waals surface area contributed by atoms with Gasteiger partial charge in [-0.05, 0) is 18.4 Å². The second-order valence-corrected chi connectivity index (χ2v) is 17.8. The molecular weight excluding hydrogens is 750 g/mol. The molecule has 0 spiro atoms. The molecule has 12 atom stereocenters. The summed E-state index contributed by atoms with van der Waals surface area (Å²) in [6.07, 6.45) is -7.57. The summed E-state index contributed by atoms with van der Waals surface area (Å²) in [4.78, 5) is 83.9. The average Bonchev–Trinajstić information content (AvgIpc) is 3.17. The van der Waals surface area contributed by atoms with Crippen molar-refractivity contribution in [2.45, 2.75) is 109 Å². The first kappa shape index (κ1) is 43.1. The van der Waals surface area contributed by atoms with E-state index in [0.717, 1.165) is 0 Å². The van der Waals surface area contributed by atoms with E-state index in [-0.39, 0.29) is 32.0 Å². The molecule has 2 aromatic rings. The summed E-state index contributed by atoms with van der Waals surface area (Å²) in [5.74, 6) is -9.11. The van der Waals surface area contributed by atoms with E-state index in [1.807, 2.05) is 13.8 Å². The van der Waals surface area contributed by atoms with Gasteiger partial charge in [0.1, 0.15) is 12.2 Å². The maximum atomic E-state index is 14.9. The Kier molecular flexibility index (Phi) is 11.8. The van der Waals surface area contributed by atoms with Crippen molar-refractivity contribution in [3.8, 4) is 0 Å². The quantitative estimate of drug-likeness (QED) is 0.110. The Balaban J connectivity index is 1.45. The van der Waals surface area contributed by atoms with E-state index < -0.39 is 118 Å². The third kappa shape index (κ3) is 7.15. The zero-order chi connectivity index (χ0) is 42.5. The third-order valence-corrected chi connectivity index (χ3v) is 13.5. The molecule has 0 radical (unpaired) electrons. The molecule has 314 valence electrons. The highest BCUT2D eigenvalue weighted by molar-refractivity contribution is 6.40. The molecular formula is C44H55NO13. The highest BCUT2D eigenvalue weighted by Gasteiger charge is 2.78. The number of alkyl carbamates (subject to hydrolysis) is 1. The predicted molar refractivity (Wildman–Crippen MR) is 206 cm³/mol. The topological polar surface area (TPSA) is 212 Å². The molecule has 2 aromatic carbocycles. The van der Waals surface area contributed by atoms with Gasteiger partial charge in [0.05, 0.1) is 36.4 Å². The summed E-state index contributed by atoms with van der Waals surface area (Å²) >= 11 is 0. The van der Waals surface area contributed by atoms with Gasteiger partial charge in [-0.25, -0.2) is 9.59 Å². The molecule has 1 heterocycles. The number of carbonyl (C=O) groups is 6. The Labute approximate surface area is 337 Å². The van der Waals surface area contributed by atoms with Crippen LogP contribution in [0.1, 0.15) is 89.7 Å². The molecule has 14 heteroatoms. The van der Waals surface area contributed by atoms with E-state index in [0.29, 0.717) is 11.1 Å². The fourth-order valence-corrected chi connectivity index (χ4v) is 10.5. The number of rotatable bonds is 11. The molecule has 1 aliphatic heterocycles. The first-order valence-corrected chi connectivity index (χ1v) is 20.0. The van der Waals surface area contributed by atoms with Crippen molar-refractivity contribution in [1.29, 1.82) is 0 Å². The van der Waals surface area contributed by atoms with E-state index in [9.17, 15) is 44.1 Å². The molecule has 4 fully saturated rings. The van der Waals surface area contributed by atoms with Gasteiger partial charge in [-0.1, -0.05) is 95.3 Å². The van der Waals surface area contributed by atoms with E-state index in [1.54, 1.807) is 81.4 Å². The maximum absolute atomic E-state index is 14.9. The molecule has 14 nitrogen and oxygen atoms in total. The molecule has 1 saturated heterocycles. The van der Waals surface area contributed by atoms with E-state index in [2.05, 4.69) is 5.32 Å². The molecule has 2 bridgehead atoms. The first-order chi connectivity index (χ1) is 27.2. The van der Waals surface area contributed by atoms with Crippen LogP contribution in [0.5, 0.6) is 0 Å². The number of carbonyl (C=O) groups excluding carboxylic acids is 6. The van der Waals surface area contributed by atoms with Crippen molar-refractivity contribution in [3.05, 3.63) is 71.8 Å². The van der Waals surface area contributed by atoms with Gasteiger partial charge < -0.3 is 39.6 Å². The minimum atomic E-state index is -2.13. The molecule has 3 saturated carbocycles. The summed E-state index contributed by atoms with van der Waals surface area (Å²) in [7, 11) is 0. The predicted octanol–water partition coefficient (Wildman–Crippen LogP) is 3.92. The van der Waals surface area contributed by atoms with Gasteiger partial charge in [-0.2, -0.15) is 0 Å². The lowest BCUT2D eigenvalue weighted by Crippen LogP contribution is -2.81. The van der Waals surface area contributed by atoms with E-state index in [1.165, 1.54) is 13.8 Å². The van der Waals surface area contributed by atoms with E-state index >= 15 is 0 Å². The molecule has 4 aliphatic rings. The number of hydrogen-bond donors (Lipinski definition) is 4. The van der Waals surface area contributed by atoms with Crippen LogP contribution in [0.2, 0.25) is 0 Å². The number of fused-ring (bicyclic) bond motifs is 5. The average molecular weight is 806 g/mol. The Morgan fingerprint density at radius 1 is 0.983 bits per heavy atom. The van der Waals surface area contributed by atoms with Crippen molar-refractivity contribution in [2.24, 2.45) is 40.4 Å². The van der Waals surface area contributed by atoms with Gasteiger partial charge in [0.25, 0.3) is 0 Å². The minimum absolute atomic E-state index is 0.00846. The number of aliphatic hydroxyl groups excluding tert-OH is 2. The summed E-state index contributed by atoms with van der Waals surface area (Å²) in [6, 6.07) is 15.2. The van der Waals surface area contributed by atoms with Gasteiger partial charge in [0, 0.05) is 60.8 Å². The molecule has 3 unspecified atom stereocenters. The second kappa shape index (κ2) is 15.9. The SMILES string of the molecule is CC(=O)O[C@@]12CO[C@@H]1C[C@H](O)[C@@]1(C)C(=O)C(=O)C3C(C)[C@@H](OC(=O)[C@H](O)[C@@H](NC(=O)OCC(C)C)c4ccccc4)C[C@@](O)([C@@H](CC(=O)c4ccccc4)C12)C3(C)C. The Hall–Kier alpha value is -4.50. The van der Waals surface area contributed by atoms with Crippen LogP contribution in [0, 0.1) is 40.4 Å². The molecule has 4 N–H and O–H groups in total. The maximum Gasteiger partial charge on any atom is 0.407 e. The Bertz CT molecular complexity index is 1920. The molecule has 58 heavy (non-hydrogen) atoms. The number of amides is 1. The summed E-state index contributed by atoms with van der Waals surface area (Å²) in [5.41, 5.74) is -6.53. The zero-order valence-electron chi connectivity index (χ0n) is 34.0. The van der Waals surface area contributed by atoms with Crippen molar-refractivity contribution in [3.63, 3.8) is 0 Å². The number of nitrogens with one attached hydrogen (secondary N) is 1. The van der Waals surface area contributed by atoms with Crippen LogP contribution >= 0.6 is 0 Å². The standard InChI is InChI=1S/C44H55NO13/c1-23(2)21-55-40(53)45-34(27-16-12-9-13-17-27)36(50)39(52)57-30-20-44(54)28(18-29(47)26-14-10-8-11-15-26)37-42(7,38(51)35(49)33(24(30)3)41(44,5)6)31(48)19-32-43(37,22-56-32)58-25(4)46/h8-17,23-24,28,30-34,36-37,48,50,54H,18-22H2,1-7H3,(H,45,53)/t24?,28-,30-,31-,32+,33?,34-,36+,37?,42+,43-,44+/m0/s1. The van der Waals surface area contributed by atoms with Crippen LogP contribution in [0.3, 0.4) is 0 Å². The number of aliphatic hydroxyl groups is 3. The van der Waals surface area contributed by atoms with Crippen LogP contribution in [-0.2, 0) is 38.1 Å². The van der Waals surface area contributed by atoms with Gasteiger partial charge in [-0.15, -0.1) is 0 Å². The Morgan fingerprint density at radius 3 is 2.17 bits per heavy atom. The lowest BCUT2D eigenvalue weighted by Gasteiger charge is -2.68. The third-order valence-electron chi connectivity index (χ3n) is 13.5. The lowest BCUT2D eigenvalue weighted by molar-refractivity contribution is -0.343. The number of Topliss-reactive ketones (excluding diaryl/α,β-unsaturated/α-hetero) is 3. The van der Waals surface area contributed by atoms with Crippen molar-refractivity contribution < 1.29 is 63.0 Å². The van der Waals surface area contributed by atoms with E-state index in [4.69, 9.17) is 18.9 Å². The number of ketones is 3. The molecule has 3 aliphatic carbocycles. The van der Waals surface area contributed by atoms with Gasteiger partial charge in [0.15, 0.2) is 17.5 Å². The number of benzene rings is 2. The monoisotopic (exact) mass is 805 g/mol. The van der Waals surface area contributed by atoms with Crippen molar-refractivity contribution >= 4 is 35.4 Å². The largest absolute Gasteiger partial charge is 0.460 e. The van der Waals surface area contributed by atoms with Crippen LogP contribution in [0.4, 0.5) is 4.79 Å². The summed E-state index contributed by atoms with van der Waals surface area (Å²) in [6.45, 7) is 11.0. The number of ether oxygens (including phenoxy) is 4. The van der Waals surface area contributed by atoms with Crippen molar-refractivity contribution in [1.82, 2.24) is 5.32 Å². The summed E-state index contributed by atoms with van der Waals surface area (Å²) < 4.78 is 23.2. The van der Waals surface area contributed by atoms with Crippen LogP contribution in [0.15, 0.2) is 60.7 Å². The smallest absolute Gasteiger partial charge is 0.407 e. The normalized spacial score (nSPS) is 34.8. The number of hydrogen-bond acceptors (Lipinski definition) is 13. The molecule has 0 aromatic heterocycles. The zero-order valence-corrected chi connectivity index (χ0v) is 34.0. The first-order valence-electron chi connectivity index (χ1n) is 20.0. The molecule has 1 amide bonds. The lowest BCUT2D eigenvalue weighted by atomic mass is 9.40. The van der Waals surface area contributed by atoms with Crippen LogP contribution in [-0.4, -0.2) is 99.5 Å². The van der Waals surface area contributed by atoms with Crippen LogP contribution < -0.4 is 5.32 Å². The molecule has 6 rings (SSSR count). The van der Waals surface area contributed by atoms with Gasteiger partial charge >= 0.3 is 18.0 Å². The minimum Gasteiger partial charge on any atom is -0.460 e.